The number of amides is 1. The number of benzene rings is 1. The molecule has 1 aromatic heterocycles. The fraction of sp³-hybridized carbons (Fsp3) is 0.375. The summed E-state index contributed by atoms with van der Waals surface area (Å²) < 4.78 is 0. The molecule has 2 heterocycles. The summed E-state index contributed by atoms with van der Waals surface area (Å²) in [5.41, 5.74) is 1.44. The third-order valence-electron chi connectivity index (χ3n) is 4.77. The lowest BCUT2D eigenvalue weighted by atomic mass is 10.0. The largest absolute Gasteiger partial charge is 0.480 e. The van der Waals surface area contributed by atoms with Gasteiger partial charge in [-0.25, -0.2) is 4.79 Å². The van der Waals surface area contributed by atoms with Crippen LogP contribution in [0.15, 0.2) is 30.3 Å². The quantitative estimate of drug-likeness (QED) is 0.888. The molecular weight excluding hydrogens is 268 g/mol. The number of aliphatic carboxylic acids is 1. The second-order valence-electron chi connectivity index (χ2n) is 6.26. The first-order valence-electron chi connectivity index (χ1n) is 7.20. The second-order valence-corrected chi connectivity index (χ2v) is 6.26. The maximum Gasteiger partial charge on any atom is 0.326 e. The SMILES string of the molecule is O=C(O)[C@@H]1CC2(CC2)CN1C(=O)c1cc2ccccc2[nH]1. The molecule has 1 saturated carbocycles. The molecule has 1 spiro atoms. The predicted molar refractivity (Wildman–Crippen MR) is 77.0 cm³/mol. The Morgan fingerprint density at radius 1 is 1.29 bits per heavy atom. The maximum absolute atomic E-state index is 12.7. The third-order valence-corrected chi connectivity index (χ3v) is 4.77. The molecule has 1 amide bonds. The Balaban J connectivity index is 1.68. The van der Waals surface area contributed by atoms with Crippen molar-refractivity contribution in [3.05, 3.63) is 36.0 Å². The van der Waals surface area contributed by atoms with Gasteiger partial charge in [-0.2, -0.15) is 0 Å². The molecule has 1 aliphatic heterocycles. The Labute approximate surface area is 121 Å². The molecule has 0 radical (unpaired) electrons. The van der Waals surface area contributed by atoms with Crippen molar-refractivity contribution in [2.75, 3.05) is 6.54 Å². The number of carboxylic acids is 1. The van der Waals surface area contributed by atoms with Gasteiger partial charge >= 0.3 is 5.97 Å². The minimum Gasteiger partial charge on any atom is -0.480 e. The van der Waals surface area contributed by atoms with E-state index in [9.17, 15) is 14.7 Å². The van der Waals surface area contributed by atoms with Crippen molar-refractivity contribution in [2.24, 2.45) is 5.41 Å². The summed E-state index contributed by atoms with van der Waals surface area (Å²) in [5.74, 6) is -1.11. The summed E-state index contributed by atoms with van der Waals surface area (Å²) >= 11 is 0. The molecule has 1 atom stereocenters. The average Bonchev–Trinajstić information content (AvgIpc) is 2.93. The van der Waals surface area contributed by atoms with Gasteiger partial charge in [0, 0.05) is 17.4 Å². The summed E-state index contributed by atoms with van der Waals surface area (Å²) in [6.07, 6.45) is 2.66. The summed E-state index contributed by atoms with van der Waals surface area (Å²) in [4.78, 5) is 28.7. The molecule has 21 heavy (non-hydrogen) atoms. The molecule has 0 unspecified atom stereocenters. The van der Waals surface area contributed by atoms with Crippen molar-refractivity contribution in [3.8, 4) is 0 Å². The molecule has 0 bridgehead atoms. The van der Waals surface area contributed by atoms with E-state index in [1.807, 2.05) is 24.3 Å². The lowest BCUT2D eigenvalue weighted by Crippen LogP contribution is -2.40. The van der Waals surface area contributed by atoms with E-state index in [2.05, 4.69) is 4.98 Å². The number of likely N-dealkylation sites (tertiary alicyclic amines) is 1. The van der Waals surface area contributed by atoms with E-state index in [1.54, 1.807) is 6.07 Å². The zero-order valence-electron chi connectivity index (χ0n) is 11.5. The first kappa shape index (κ1) is 12.4. The Morgan fingerprint density at radius 3 is 2.71 bits per heavy atom. The molecule has 2 fully saturated rings. The van der Waals surface area contributed by atoms with Crippen molar-refractivity contribution in [1.29, 1.82) is 0 Å². The van der Waals surface area contributed by atoms with Crippen molar-refractivity contribution in [3.63, 3.8) is 0 Å². The highest BCUT2D eigenvalue weighted by Gasteiger charge is 2.55. The molecule has 1 saturated heterocycles. The molecular formula is C16H16N2O3. The smallest absolute Gasteiger partial charge is 0.326 e. The van der Waals surface area contributed by atoms with Crippen LogP contribution >= 0.6 is 0 Å². The van der Waals surface area contributed by atoms with Gasteiger partial charge in [0.2, 0.25) is 0 Å². The van der Waals surface area contributed by atoms with Crippen molar-refractivity contribution in [2.45, 2.75) is 25.3 Å². The number of carbonyl (C=O) groups excluding carboxylic acids is 1. The van der Waals surface area contributed by atoms with Gasteiger partial charge in [-0.1, -0.05) is 18.2 Å². The Bertz CT molecular complexity index is 712. The van der Waals surface area contributed by atoms with Crippen LogP contribution in [0.5, 0.6) is 0 Å². The van der Waals surface area contributed by atoms with Crippen LogP contribution in [0.1, 0.15) is 29.8 Å². The summed E-state index contributed by atoms with van der Waals surface area (Å²) in [6, 6.07) is 8.78. The molecule has 108 valence electrons. The molecule has 2 N–H and O–H groups in total. The minimum atomic E-state index is -0.900. The number of H-pyrrole nitrogens is 1. The maximum atomic E-state index is 12.7. The molecule has 5 nitrogen and oxygen atoms in total. The van der Waals surface area contributed by atoms with Gasteiger partial charge in [-0.15, -0.1) is 0 Å². The Hall–Kier alpha value is -2.30. The number of nitrogens with zero attached hydrogens (tertiary/aromatic N) is 1. The zero-order chi connectivity index (χ0) is 14.6. The first-order valence-corrected chi connectivity index (χ1v) is 7.20. The van der Waals surface area contributed by atoms with Crippen molar-refractivity contribution in [1.82, 2.24) is 9.88 Å². The number of hydrogen-bond acceptors (Lipinski definition) is 2. The van der Waals surface area contributed by atoms with Gasteiger partial charge in [0.15, 0.2) is 0 Å². The monoisotopic (exact) mass is 284 g/mol. The topological polar surface area (TPSA) is 73.4 Å². The Morgan fingerprint density at radius 2 is 2.05 bits per heavy atom. The van der Waals surface area contributed by atoms with E-state index in [1.165, 1.54) is 4.90 Å². The van der Waals surface area contributed by atoms with Gasteiger partial charge in [0.05, 0.1) is 0 Å². The number of carboxylic acid groups (broad SMARTS) is 1. The molecule has 2 aliphatic rings. The first-order chi connectivity index (χ1) is 10.1. The summed E-state index contributed by atoms with van der Waals surface area (Å²) in [6.45, 7) is 0.568. The summed E-state index contributed by atoms with van der Waals surface area (Å²) in [7, 11) is 0. The fourth-order valence-electron chi connectivity index (χ4n) is 3.37. The van der Waals surface area contributed by atoms with Crippen LogP contribution in [0.25, 0.3) is 10.9 Å². The van der Waals surface area contributed by atoms with E-state index in [-0.39, 0.29) is 11.3 Å². The Kier molecular flexibility index (Phi) is 2.43. The van der Waals surface area contributed by atoms with Gasteiger partial charge in [-0.3, -0.25) is 4.79 Å². The number of rotatable bonds is 2. The molecule has 1 aromatic carbocycles. The minimum absolute atomic E-state index is 0.0741. The zero-order valence-corrected chi connectivity index (χ0v) is 11.5. The lowest BCUT2D eigenvalue weighted by molar-refractivity contribution is -0.141. The number of aromatic amines is 1. The van der Waals surface area contributed by atoms with E-state index < -0.39 is 12.0 Å². The van der Waals surface area contributed by atoms with Crippen LogP contribution < -0.4 is 0 Å². The van der Waals surface area contributed by atoms with Crippen molar-refractivity contribution >= 4 is 22.8 Å². The summed E-state index contributed by atoms with van der Waals surface area (Å²) in [5, 5.41) is 10.3. The van der Waals surface area contributed by atoms with Gasteiger partial charge in [0.25, 0.3) is 5.91 Å². The number of nitrogens with one attached hydrogen (secondary N) is 1. The number of hydrogen-bond donors (Lipinski definition) is 2. The third kappa shape index (κ3) is 1.92. The molecule has 5 heteroatoms. The average molecular weight is 284 g/mol. The van der Waals surface area contributed by atoms with Gasteiger partial charge in [-0.05, 0) is 36.8 Å². The van der Waals surface area contributed by atoms with Gasteiger partial charge < -0.3 is 15.0 Å². The molecule has 1 aliphatic carbocycles. The number of aromatic nitrogens is 1. The van der Waals surface area contributed by atoms with Gasteiger partial charge in [0.1, 0.15) is 11.7 Å². The van der Waals surface area contributed by atoms with Crippen molar-refractivity contribution < 1.29 is 14.7 Å². The number of para-hydroxylation sites is 1. The van der Waals surface area contributed by atoms with Crippen LogP contribution in [0.2, 0.25) is 0 Å². The second kappa shape index (κ2) is 4.10. The fourth-order valence-corrected chi connectivity index (χ4v) is 3.37. The molecule has 2 aromatic rings. The highest BCUT2D eigenvalue weighted by Crippen LogP contribution is 2.55. The van der Waals surface area contributed by atoms with Crippen LogP contribution in [-0.2, 0) is 4.79 Å². The van der Waals surface area contributed by atoms with Crippen LogP contribution in [0, 0.1) is 5.41 Å². The van der Waals surface area contributed by atoms with E-state index in [4.69, 9.17) is 0 Å². The molecule has 4 rings (SSSR count). The predicted octanol–water partition coefficient (Wildman–Crippen LogP) is 2.25. The standard InChI is InChI=1S/C16H16N2O3/c19-14(12-7-10-3-1-2-4-11(10)17-12)18-9-16(5-6-16)8-13(18)15(20)21/h1-4,7,13,17H,5-6,8-9H2,(H,20,21)/t13-/m0/s1. The van der Waals surface area contributed by atoms with Crippen LogP contribution in [-0.4, -0.2) is 39.5 Å². The highest BCUT2D eigenvalue weighted by atomic mass is 16.4. The number of carbonyl (C=O) groups is 2. The highest BCUT2D eigenvalue weighted by molar-refractivity contribution is 6.00. The van der Waals surface area contributed by atoms with E-state index in [0.29, 0.717) is 18.7 Å². The lowest BCUT2D eigenvalue weighted by Gasteiger charge is -2.20. The normalized spacial score (nSPS) is 22.9. The van der Waals surface area contributed by atoms with E-state index >= 15 is 0 Å². The van der Waals surface area contributed by atoms with Crippen LogP contribution in [0.3, 0.4) is 0 Å². The number of fused-ring (bicyclic) bond motifs is 1. The van der Waals surface area contributed by atoms with E-state index in [0.717, 1.165) is 23.7 Å². The van der Waals surface area contributed by atoms with Crippen LogP contribution in [0.4, 0.5) is 0 Å².